The van der Waals surface area contributed by atoms with Crippen molar-refractivity contribution in [3.8, 4) is 0 Å². The Balaban J connectivity index is 2.39. The molecule has 120 valence electrons. The Morgan fingerprint density at radius 1 is 1.52 bits per heavy atom. The molecule has 0 aliphatic carbocycles. The molecule has 0 aromatic rings. The van der Waals surface area contributed by atoms with Crippen LogP contribution in [0.2, 0.25) is 0 Å². The molecular weight excluding hydrogens is 278 g/mol. The number of likely N-dealkylation sites (N-methyl/N-ethyl adjacent to an activating group) is 1. The molecule has 0 bridgehead atoms. The van der Waals surface area contributed by atoms with Crippen molar-refractivity contribution < 1.29 is 24.2 Å². The maximum Gasteiger partial charge on any atom is 0.326 e. The molecule has 3 amide bonds. The number of hydrogen-bond donors (Lipinski definition) is 3. The normalized spacial score (nSPS) is 20.0. The lowest BCUT2D eigenvalue weighted by molar-refractivity contribution is -0.139. The van der Waals surface area contributed by atoms with Crippen LogP contribution in [0.1, 0.15) is 25.7 Å². The minimum absolute atomic E-state index is 0.0523. The molecule has 2 unspecified atom stereocenters. The lowest BCUT2D eigenvalue weighted by Crippen LogP contribution is -2.53. The topological polar surface area (TPSA) is 108 Å². The monoisotopic (exact) mass is 301 g/mol. The van der Waals surface area contributed by atoms with E-state index >= 15 is 0 Å². The first kappa shape index (κ1) is 17.2. The largest absolute Gasteiger partial charge is 0.480 e. The summed E-state index contributed by atoms with van der Waals surface area (Å²) < 4.78 is 4.86. The van der Waals surface area contributed by atoms with Crippen molar-refractivity contribution in [2.75, 3.05) is 27.3 Å². The van der Waals surface area contributed by atoms with Crippen molar-refractivity contribution in [1.29, 1.82) is 0 Å². The van der Waals surface area contributed by atoms with Gasteiger partial charge in [0.25, 0.3) is 0 Å². The Hall–Kier alpha value is -1.83. The molecule has 8 heteroatoms. The number of piperidine rings is 1. The van der Waals surface area contributed by atoms with Gasteiger partial charge in [0.05, 0.1) is 0 Å². The van der Waals surface area contributed by atoms with Crippen LogP contribution in [0.15, 0.2) is 0 Å². The Morgan fingerprint density at radius 2 is 2.24 bits per heavy atom. The standard InChI is InChI=1S/C13H23N3O5/c1-16-8-9(5-6-11(16)17)14-13(20)15-10(12(18)19)4-3-7-21-2/h9-10H,3-8H2,1-2H3,(H,18,19)(H2,14,15,20). The van der Waals surface area contributed by atoms with Gasteiger partial charge in [0.2, 0.25) is 5.91 Å². The van der Waals surface area contributed by atoms with Crippen molar-refractivity contribution in [2.45, 2.75) is 37.8 Å². The summed E-state index contributed by atoms with van der Waals surface area (Å²) >= 11 is 0. The highest BCUT2D eigenvalue weighted by molar-refractivity contribution is 5.83. The van der Waals surface area contributed by atoms with Crippen molar-refractivity contribution in [3.05, 3.63) is 0 Å². The summed E-state index contributed by atoms with van der Waals surface area (Å²) in [6, 6.07) is -1.61. The maximum atomic E-state index is 11.8. The van der Waals surface area contributed by atoms with Gasteiger partial charge >= 0.3 is 12.0 Å². The van der Waals surface area contributed by atoms with E-state index in [1.807, 2.05) is 0 Å². The Kier molecular flexibility index (Phi) is 6.93. The third-order valence-corrected chi connectivity index (χ3v) is 3.41. The average molecular weight is 301 g/mol. The van der Waals surface area contributed by atoms with E-state index in [-0.39, 0.29) is 11.9 Å². The summed E-state index contributed by atoms with van der Waals surface area (Å²) in [5.74, 6) is -1.02. The number of nitrogens with one attached hydrogen (secondary N) is 2. The molecule has 3 N–H and O–H groups in total. The molecule has 1 aliphatic rings. The van der Waals surface area contributed by atoms with Gasteiger partial charge < -0.3 is 25.4 Å². The van der Waals surface area contributed by atoms with E-state index in [4.69, 9.17) is 9.84 Å². The summed E-state index contributed by atoms with van der Waals surface area (Å²) in [6.07, 6.45) is 1.81. The molecule has 0 radical (unpaired) electrons. The smallest absolute Gasteiger partial charge is 0.326 e. The number of hydrogen-bond acceptors (Lipinski definition) is 4. The summed E-state index contributed by atoms with van der Waals surface area (Å²) in [4.78, 5) is 35.8. The van der Waals surface area contributed by atoms with Gasteiger partial charge in [0.15, 0.2) is 0 Å². The van der Waals surface area contributed by atoms with E-state index in [1.54, 1.807) is 11.9 Å². The molecule has 21 heavy (non-hydrogen) atoms. The van der Waals surface area contributed by atoms with Crippen molar-refractivity contribution in [2.24, 2.45) is 0 Å². The molecule has 0 spiro atoms. The van der Waals surface area contributed by atoms with Crippen LogP contribution in [0.3, 0.4) is 0 Å². The van der Waals surface area contributed by atoms with Crippen LogP contribution in [0.25, 0.3) is 0 Å². The second kappa shape index (κ2) is 8.46. The van der Waals surface area contributed by atoms with E-state index in [9.17, 15) is 14.4 Å². The van der Waals surface area contributed by atoms with Crippen LogP contribution < -0.4 is 10.6 Å². The lowest BCUT2D eigenvalue weighted by atomic mass is 10.1. The fourth-order valence-electron chi connectivity index (χ4n) is 2.20. The first-order valence-electron chi connectivity index (χ1n) is 6.96. The Morgan fingerprint density at radius 3 is 2.81 bits per heavy atom. The first-order valence-corrected chi connectivity index (χ1v) is 6.96. The number of nitrogens with zero attached hydrogens (tertiary/aromatic N) is 1. The van der Waals surface area contributed by atoms with Gasteiger partial charge in [-0.2, -0.15) is 0 Å². The van der Waals surface area contributed by atoms with Crippen molar-refractivity contribution in [1.82, 2.24) is 15.5 Å². The van der Waals surface area contributed by atoms with Crippen LogP contribution in [0.4, 0.5) is 4.79 Å². The van der Waals surface area contributed by atoms with Gasteiger partial charge in [-0.15, -0.1) is 0 Å². The van der Waals surface area contributed by atoms with E-state index in [0.717, 1.165) is 0 Å². The number of likely N-dealkylation sites (tertiary alicyclic amines) is 1. The van der Waals surface area contributed by atoms with Gasteiger partial charge in [-0.05, 0) is 19.3 Å². The summed E-state index contributed by atoms with van der Waals surface area (Å²) in [6.45, 7) is 0.885. The molecule has 2 atom stereocenters. The zero-order chi connectivity index (χ0) is 15.8. The minimum Gasteiger partial charge on any atom is -0.480 e. The Bertz CT molecular complexity index is 388. The number of amides is 3. The molecule has 0 aromatic heterocycles. The molecular formula is C13H23N3O5. The van der Waals surface area contributed by atoms with E-state index in [2.05, 4.69) is 10.6 Å². The fourth-order valence-corrected chi connectivity index (χ4v) is 2.20. The van der Waals surface area contributed by atoms with Gasteiger partial charge in [-0.3, -0.25) is 4.79 Å². The number of ether oxygens (including phenoxy) is 1. The zero-order valence-electron chi connectivity index (χ0n) is 12.4. The number of rotatable bonds is 7. The number of carboxylic acids is 1. The molecule has 1 fully saturated rings. The van der Waals surface area contributed by atoms with E-state index in [1.165, 1.54) is 7.11 Å². The second-order valence-corrected chi connectivity index (χ2v) is 5.15. The molecule has 1 heterocycles. The predicted octanol–water partition coefficient (Wildman–Crippen LogP) is -0.214. The Labute approximate surface area is 123 Å². The van der Waals surface area contributed by atoms with Gasteiger partial charge in [0.1, 0.15) is 6.04 Å². The van der Waals surface area contributed by atoms with Crippen molar-refractivity contribution >= 4 is 17.9 Å². The summed E-state index contributed by atoms with van der Waals surface area (Å²) in [7, 11) is 3.22. The summed E-state index contributed by atoms with van der Waals surface area (Å²) in [5, 5.41) is 14.2. The van der Waals surface area contributed by atoms with E-state index in [0.29, 0.717) is 38.8 Å². The quantitative estimate of drug-likeness (QED) is 0.564. The van der Waals surface area contributed by atoms with Crippen LogP contribution in [0, 0.1) is 0 Å². The first-order chi connectivity index (χ1) is 9.93. The highest BCUT2D eigenvalue weighted by Crippen LogP contribution is 2.09. The second-order valence-electron chi connectivity index (χ2n) is 5.15. The van der Waals surface area contributed by atoms with Crippen LogP contribution >= 0.6 is 0 Å². The highest BCUT2D eigenvalue weighted by Gasteiger charge is 2.25. The third kappa shape index (κ3) is 5.99. The number of carboxylic acid groups (broad SMARTS) is 1. The minimum atomic E-state index is -1.07. The number of carbonyl (C=O) groups excluding carboxylic acids is 2. The highest BCUT2D eigenvalue weighted by atomic mass is 16.5. The molecule has 1 aliphatic heterocycles. The number of carbonyl (C=O) groups is 3. The zero-order valence-corrected chi connectivity index (χ0v) is 12.4. The third-order valence-electron chi connectivity index (χ3n) is 3.41. The molecule has 8 nitrogen and oxygen atoms in total. The SMILES string of the molecule is COCCCC(NC(=O)NC1CCC(=O)N(C)C1)C(=O)O. The van der Waals surface area contributed by atoms with Crippen molar-refractivity contribution in [3.63, 3.8) is 0 Å². The summed E-state index contributed by atoms with van der Waals surface area (Å²) in [5.41, 5.74) is 0. The van der Waals surface area contributed by atoms with Crippen LogP contribution in [0.5, 0.6) is 0 Å². The predicted molar refractivity (Wildman–Crippen MR) is 74.9 cm³/mol. The molecule has 0 aromatic carbocycles. The lowest BCUT2D eigenvalue weighted by Gasteiger charge is -2.30. The fraction of sp³-hybridized carbons (Fsp3) is 0.769. The number of aliphatic carboxylic acids is 1. The molecule has 0 saturated carbocycles. The number of methoxy groups -OCH3 is 1. The van der Waals surface area contributed by atoms with Gasteiger partial charge in [-0.1, -0.05) is 0 Å². The van der Waals surface area contributed by atoms with Crippen LogP contribution in [-0.2, 0) is 14.3 Å². The number of urea groups is 1. The maximum absolute atomic E-state index is 11.8. The molecule has 1 rings (SSSR count). The van der Waals surface area contributed by atoms with E-state index < -0.39 is 18.0 Å². The average Bonchev–Trinajstić information content (AvgIpc) is 2.42. The van der Waals surface area contributed by atoms with Gasteiger partial charge in [-0.25, -0.2) is 9.59 Å². The molecule has 1 saturated heterocycles. The van der Waals surface area contributed by atoms with Gasteiger partial charge in [0, 0.05) is 39.8 Å². The van der Waals surface area contributed by atoms with Crippen LogP contribution in [-0.4, -0.2) is 67.3 Å².